The molecule has 0 spiro atoms. The quantitative estimate of drug-likeness (QED) is 0.427. The van der Waals surface area contributed by atoms with Gasteiger partial charge in [-0.1, -0.05) is 60.7 Å². The molecular weight excluding hydrogens is 374 g/mol. The molecule has 0 bridgehead atoms. The second-order valence-corrected chi connectivity index (χ2v) is 6.67. The molecule has 30 heavy (non-hydrogen) atoms. The molecule has 0 amide bonds. The number of anilines is 3. The first-order valence-electron chi connectivity index (χ1n) is 9.89. The highest BCUT2D eigenvalue weighted by molar-refractivity contribution is 5.63. The summed E-state index contributed by atoms with van der Waals surface area (Å²) in [6, 6.07) is 27.7. The van der Waals surface area contributed by atoms with Gasteiger partial charge in [0.15, 0.2) is 11.6 Å². The van der Waals surface area contributed by atoms with Gasteiger partial charge < -0.3 is 15.0 Å². The molecule has 0 aliphatic carbocycles. The average molecular weight is 397 g/mol. The Hall–Kier alpha value is -3.93. The molecule has 0 fully saturated rings. The highest BCUT2D eigenvalue weighted by atomic mass is 16.5. The number of ether oxygens (including phenoxy) is 1. The van der Waals surface area contributed by atoms with Crippen molar-refractivity contribution in [2.75, 3.05) is 16.8 Å². The summed E-state index contributed by atoms with van der Waals surface area (Å²) >= 11 is 0. The van der Waals surface area contributed by atoms with Crippen molar-refractivity contribution in [3.05, 3.63) is 96.7 Å². The SMILES string of the molecule is CCN(Cc1ccccc1)c1cnnc(Nc2ccccc2Oc2ccccc2)n1. The number of rotatable bonds is 8. The third-order valence-electron chi connectivity index (χ3n) is 4.57. The van der Waals surface area contributed by atoms with Gasteiger partial charge in [0.05, 0.1) is 11.9 Å². The third-order valence-corrected chi connectivity index (χ3v) is 4.57. The molecule has 0 radical (unpaired) electrons. The first-order valence-corrected chi connectivity index (χ1v) is 9.89. The highest BCUT2D eigenvalue weighted by Crippen LogP contribution is 2.30. The zero-order valence-electron chi connectivity index (χ0n) is 16.8. The predicted octanol–water partition coefficient (Wildman–Crippen LogP) is 5.43. The summed E-state index contributed by atoms with van der Waals surface area (Å²) in [5, 5.41) is 11.5. The van der Waals surface area contributed by atoms with Gasteiger partial charge >= 0.3 is 0 Å². The van der Waals surface area contributed by atoms with Crippen LogP contribution in [-0.4, -0.2) is 21.7 Å². The number of para-hydroxylation sites is 3. The summed E-state index contributed by atoms with van der Waals surface area (Å²) < 4.78 is 6.01. The Morgan fingerprint density at radius 3 is 2.33 bits per heavy atom. The summed E-state index contributed by atoms with van der Waals surface area (Å²) in [6.45, 7) is 3.66. The number of aromatic nitrogens is 3. The van der Waals surface area contributed by atoms with E-state index < -0.39 is 0 Å². The minimum atomic E-state index is 0.420. The highest BCUT2D eigenvalue weighted by Gasteiger charge is 2.11. The Morgan fingerprint density at radius 1 is 0.867 bits per heavy atom. The van der Waals surface area contributed by atoms with Crippen LogP contribution < -0.4 is 15.0 Å². The van der Waals surface area contributed by atoms with Crippen LogP contribution >= 0.6 is 0 Å². The van der Waals surface area contributed by atoms with E-state index in [1.807, 2.05) is 72.8 Å². The van der Waals surface area contributed by atoms with Gasteiger partial charge in [-0.05, 0) is 36.8 Å². The summed E-state index contributed by atoms with van der Waals surface area (Å²) in [5.74, 6) is 2.64. The van der Waals surface area contributed by atoms with Crippen LogP contribution in [0.5, 0.6) is 11.5 Å². The van der Waals surface area contributed by atoms with E-state index in [1.165, 1.54) is 5.56 Å². The molecule has 150 valence electrons. The lowest BCUT2D eigenvalue weighted by Crippen LogP contribution is -2.23. The summed E-state index contributed by atoms with van der Waals surface area (Å²) in [6.07, 6.45) is 1.68. The minimum absolute atomic E-state index is 0.420. The zero-order valence-corrected chi connectivity index (χ0v) is 16.8. The van der Waals surface area contributed by atoms with Crippen molar-refractivity contribution in [2.24, 2.45) is 0 Å². The molecule has 4 aromatic rings. The Morgan fingerprint density at radius 2 is 1.57 bits per heavy atom. The molecule has 4 rings (SSSR count). The van der Waals surface area contributed by atoms with Crippen LogP contribution in [0.1, 0.15) is 12.5 Å². The van der Waals surface area contributed by atoms with E-state index >= 15 is 0 Å². The summed E-state index contributed by atoms with van der Waals surface area (Å²) in [7, 11) is 0. The van der Waals surface area contributed by atoms with Crippen molar-refractivity contribution in [1.29, 1.82) is 0 Å². The maximum atomic E-state index is 6.01. The maximum Gasteiger partial charge on any atom is 0.249 e. The van der Waals surface area contributed by atoms with Crippen molar-refractivity contribution in [2.45, 2.75) is 13.5 Å². The monoisotopic (exact) mass is 397 g/mol. The van der Waals surface area contributed by atoms with Crippen LogP contribution in [0.3, 0.4) is 0 Å². The molecule has 0 atom stereocenters. The van der Waals surface area contributed by atoms with Gasteiger partial charge in [-0.2, -0.15) is 10.1 Å². The molecule has 0 unspecified atom stereocenters. The number of benzene rings is 3. The van der Waals surface area contributed by atoms with Gasteiger partial charge in [-0.3, -0.25) is 0 Å². The molecule has 0 saturated heterocycles. The number of nitrogens with zero attached hydrogens (tertiary/aromatic N) is 4. The molecule has 0 saturated carbocycles. The predicted molar refractivity (Wildman–Crippen MR) is 119 cm³/mol. The van der Waals surface area contributed by atoms with Crippen molar-refractivity contribution < 1.29 is 4.74 Å². The number of hydrogen-bond acceptors (Lipinski definition) is 6. The van der Waals surface area contributed by atoms with Gasteiger partial charge in [0, 0.05) is 13.1 Å². The fourth-order valence-corrected chi connectivity index (χ4v) is 3.05. The van der Waals surface area contributed by atoms with E-state index in [1.54, 1.807) is 6.20 Å². The molecule has 6 heteroatoms. The van der Waals surface area contributed by atoms with E-state index in [2.05, 4.69) is 44.5 Å². The first-order chi connectivity index (χ1) is 14.8. The van der Waals surface area contributed by atoms with E-state index in [0.29, 0.717) is 11.7 Å². The largest absolute Gasteiger partial charge is 0.455 e. The first kappa shape index (κ1) is 19.4. The molecule has 1 heterocycles. The topological polar surface area (TPSA) is 63.2 Å². The molecule has 0 aliphatic heterocycles. The van der Waals surface area contributed by atoms with Crippen LogP contribution in [-0.2, 0) is 6.54 Å². The zero-order chi connectivity index (χ0) is 20.6. The standard InChI is InChI=1S/C24H23N5O/c1-2-29(18-19-11-5-3-6-12-19)23-17-25-28-24(27-23)26-21-15-9-10-16-22(21)30-20-13-7-4-8-14-20/h3-17H,2,18H2,1H3,(H,26,27,28). The summed E-state index contributed by atoms with van der Waals surface area (Å²) in [5.41, 5.74) is 1.99. The minimum Gasteiger partial charge on any atom is -0.455 e. The second kappa shape index (κ2) is 9.52. The lowest BCUT2D eigenvalue weighted by atomic mass is 10.2. The van der Waals surface area contributed by atoms with Gasteiger partial charge in [0.2, 0.25) is 5.95 Å². The van der Waals surface area contributed by atoms with E-state index in [-0.39, 0.29) is 0 Å². The van der Waals surface area contributed by atoms with Crippen molar-refractivity contribution in [3.8, 4) is 11.5 Å². The average Bonchev–Trinajstić information content (AvgIpc) is 2.80. The summed E-state index contributed by atoms with van der Waals surface area (Å²) in [4.78, 5) is 6.82. The fraction of sp³-hybridized carbons (Fsp3) is 0.125. The van der Waals surface area contributed by atoms with Crippen molar-refractivity contribution in [3.63, 3.8) is 0 Å². The van der Waals surface area contributed by atoms with Crippen LogP contribution in [0.4, 0.5) is 17.5 Å². The lowest BCUT2D eigenvalue weighted by molar-refractivity contribution is 0.485. The Balaban J connectivity index is 1.53. The molecule has 6 nitrogen and oxygen atoms in total. The van der Waals surface area contributed by atoms with Gasteiger partial charge in [0.25, 0.3) is 0 Å². The van der Waals surface area contributed by atoms with Gasteiger partial charge in [-0.25, -0.2) is 0 Å². The fourth-order valence-electron chi connectivity index (χ4n) is 3.05. The normalized spacial score (nSPS) is 10.4. The van der Waals surface area contributed by atoms with Crippen LogP contribution in [0.15, 0.2) is 91.1 Å². The third kappa shape index (κ3) is 4.91. The second-order valence-electron chi connectivity index (χ2n) is 6.67. The van der Waals surface area contributed by atoms with Gasteiger partial charge in [-0.15, -0.1) is 5.10 Å². The van der Waals surface area contributed by atoms with E-state index in [0.717, 1.165) is 30.3 Å². The Labute approximate surface area is 176 Å². The molecule has 3 aromatic carbocycles. The molecule has 1 N–H and O–H groups in total. The van der Waals surface area contributed by atoms with Crippen LogP contribution in [0.2, 0.25) is 0 Å². The lowest BCUT2D eigenvalue weighted by Gasteiger charge is -2.22. The Kier molecular flexibility index (Phi) is 6.15. The van der Waals surface area contributed by atoms with E-state index in [9.17, 15) is 0 Å². The van der Waals surface area contributed by atoms with Crippen molar-refractivity contribution in [1.82, 2.24) is 15.2 Å². The van der Waals surface area contributed by atoms with Crippen molar-refractivity contribution >= 4 is 17.5 Å². The Bertz CT molecular complexity index is 1070. The maximum absolute atomic E-state index is 6.01. The molecule has 1 aromatic heterocycles. The van der Waals surface area contributed by atoms with Gasteiger partial charge in [0.1, 0.15) is 5.75 Å². The number of hydrogen-bond donors (Lipinski definition) is 1. The number of nitrogens with one attached hydrogen (secondary N) is 1. The van der Waals surface area contributed by atoms with Crippen LogP contribution in [0.25, 0.3) is 0 Å². The van der Waals surface area contributed by atoms with E-state index in [4.69, 9.17) is 4.74 Å². The smallest absolute Gasteiger partial charge is 0.249 e. The molecular formula is C24H23N5O. The van der Waals surface area contributed by atoms with Crippen LogP contribution in [0, 0.1) is 0 Å². The molecule has 0 aliphatic rings.